The van der Waals surface area contributed by atoms with Crippen LogP contribution in [0.25, 0.3) is 0 Å². The Morgan fingerprint density at radius 2 is 2.07 bits per heavy atom. The molecule has 2 aliphatic rings. The smallest absolute Gasteiger partial charge is 0.325 e. The van der Waals surface area contributed by atoms with Crippen molar-refractivity contribution in [2.45, 2.75) is 38.3 Å². The van der Waals surface area contributed by atoms with Crippen LogP contribution in [0, 0.1) is 11.6 Å². The number of benzene rings is 1. The largest absolute Gasteiger partial charge is 0.334 e. The molecular formula is C21H21F2N3O3S. The second kappa shape index (κ2) is 7.46. The highest BCUT2D eigenvalue weighted by atomic mass is 32.1. The minimum Gasteiger partial charge on any atom is -0.334 e. The van der Waals surface area contributed by atoms with Crippen LogP contribution in [0.3, 0.4) is 0 Å². The van der Waals surface area contributed by atoms with Gasteiger partial charge in [-0.15, -0.1) is 11.3 Å². The molecule has 2 aliphatic heterocycles. The van der Waals surface area contributed by atoms with Gasteiger partial charge in [-0.2, -0.15) is 0 Å². The minimum absolute atomic E-state index is 0.103. The summed E-state index contributed by atoms with van der Waals surface area (Å²) in [5, 5.41) is 4.46. The van der Waals surface area contributed by atoms with E-state index in [1.165, 1.54) is 11.8 Å². The van der Waals surface area contributed by atoms with Gasteiger partial charge in [-0.25, -0.2) is 13.6 Å². The molecule has 1 aromatic heterocycles. The van der Waals surface area contributed by atoms with Crippen molar-refractivity contribution in [3.05, 3.63) is 57.3 Å². The van der Waals surface area contributed by atoms with Gasteiger partial charge < -0.3 is 10.2 Å². The van der Waals surface area contributed by atoms with Crippen LogP contribution >= 0.6 is 11.3 Å². The van der Waals surface area contributed by atoms with Crippen molar-refractivity contribution in [1.29, 1.82) is 0 Å². The molecule has 4 amide bonds. The first kappa shape index (κ1) is 20.5. The minimum atomic E-state index is -1.71. The first-order valence-electron chi connectivity index (χ1n) is 9.71. The van der Waals surface area contributed by atoms with Gasteiger partial charge >= 0.3 is 6.03 Å². The summed E-state index contributed by atoms with van der Waals surface area (Å²) in [6.45, 7) is 3.42. The molecular weight excluding hydrogens is 412 g/mol. The van der Waals surface area contributed by atoms with Gasteiger partial charge in [0.05, 0.1) is 6.04 Å². The normalized spacial score (nSPS) is 23.5. The Bertz CT molecular complexity index is 1040. The molecule has 0 aliphatic carbocycles. The first-order chi connectivity index (χ1) is 14.3. The molecule has 0 radical (unpaired) electrons. The molecule has 1 fully saturated rings. The number of fused-ring (bicyclic) bond motifs is 1. The van der Waals surface area contributed by atoms with Crippen molar-refractivity contribution in [3.63, 3.8) is 0 Å². The number of urea groups is 1. The quantitative estimate of drug-likeness (QED) is 0.752. The van der Waals surface area contributed by atoms with Crippen molar-refractivity contribution < 1.29 is 23.2 Å². The van der Waals surface area contributed by atoms with E-state index < -0.39 is 35.7 Å². The number of thiophene rings is 1. The Balaban J connectivity index is 1.56. The van der Waals surface area contributed by atoms with Crippen molar-refractivity contribution in [2.75, 3.05) is 13.1 Å². The highest BCUT2D eigenvalue weighted by molar-refractivity contribution is 7.10. The predicted molar refractivity (Wildman–Crippen MR) is 107 cm³/mol. The van der Waals surface area contributed by atoms with Crippen LogP contribution in [-0.4, -0.2) is 40.7 Å². The van der Waals surface area contributed by atoms with Crippen LogP contribution in [0.5, 0.6) is 0 Å². The molecule has 3 heterocycles. The zero-order valence-corrected chi connectivity index (χ0v) is 17.4. The molecule has 30 heavy (non-hydrogen) atoms. The van der Waals surface area contributed by atoms with Gasteiger partial charge in [0.15, 0.2) is 0 Å². The van der Waals surface area contributed by atoms with Crippen LogP contribution in [0.2, 0.25) is 0 Å². The Hall–Kier alpha value is -2.81. The number of rotatable bonds is 4. The number of halogens is 2. The first-order valence-corrected chi connectivity index (χ1v) is 10.6. The second-order valence-corrected chi connectivity index (χ2v) is 8.63. The molecule has 6 nitrogen and oxygen atoms in total. The predicted octanol–water partition coefficient (Wildman–Crippen LogP) is 3.33. The third-order valence-corrected chi connectivity index (χ3v) is 6.84. The topological polar surface area (TPSA) is 69.7 Å². The molecule has 1 aromatic carbocycles. The van der Waals surface area contributed by atoms with E-state index in [1.54, 1.807) is 16.2 Å². The Kier molecular flexibility index (Phi) is 5.09. The summed E-state index contributed by atoms with van der Waals surface area (Å²) in [6.07, 6.45) is 1.45. The molecule has 158 valence electrons. The monoisotopic (exact) mass is 433 g/mol. The second-order valence-electron chi connectivity index (χ2n) is 7.63. The lowest BCUT2D eigenvalue weighted by Crippen LogP contribution is -2.47. The standard InChI is InChI=1S/C21H21F2N3O3S/c1-3-16-13-7-9-30-17(13)6-8-25(16)18(27)11-26-19(28)21(2,24-20(26)29)14-5-4-12(22)10-15(14)23/h4-5,7,9-10,16H,3,6,8,11H2,1-2H3,(H,24,29). The summed E-state index contributed by atoms with van der Waals surface area (Å²) < 4.78 is 27.6. The van der Waals surface area contributed by atoms with E-state index in [-0.39, 0.29) is 17.5 Å². The lowest BCUT2D eigenvalue weighted by atomic mass is 9.91. The van der Waals surface area contributed by atoms with Gasteiger partial charge in [-0.1, -0.05) is 13.0 Å². The van der Waals surface area contributed by atoms with Gasteiger partial charge in [0.25, 0.3) is 5.91 Å². The van der Waals surface area contributed by atoms with E-state index >= 15 is 0 Å². The SMILES string of the molecule is CCC1c2ccsc2CCN1C(=O)CN1C(=O)NC(C)(c2ccc(F)cc2F)C1=O. The highest BCUT2D eigenvalue weighted by Gasteiger charge is 2.51. The summed E-state index contributed by atoms with van der Waals surface area (Å²) in [6, 6.07) is 3.94. The zero-order chi connectivity index (χ0) is 21.6. The van der Waals surface area contributed by atoms with Crippen LogP contribution < -0.4 is 5.32 Å². The molecule has 2 atom stereocenters. The zero-order valence-electron chi connectivity index (χ0n) is 16.6. The maximum Gasteiger partial charge on any atom is 0.325 e. The fourth-order valence-corrected chi connectivity index (χ4v) is 5.21. The van der Waals surface area contributed by atoms with Gasteiger partial charge in [-0.3, -0.25) is 14.5 Å². The fraction of sp³-hybridized carbons (Fsp3) is 0.381. The maximum absolute atomic E-state index is 14.3. The number of carbonyl (C=O) groups excluding carboxylic acids is 3. The number of amides is 4. The van der Waals surface area contributed by atoms with Crippen LogP contribution in [0.15, 0.2) is 29.6 Å². The third kappa shape index (κ3) is 3.17. The van der Waals surface area contributed by atoms with Gasteiger partial charge in [0.1, 0.15) is 23.7 Å². The van der Waals surface area contributed by atoms with E-state index in [0.29, 0.717) is 19.0 Å². The van der Waals surface area contributed by atoms with Crippen LogP contribution in [0.4, 0.5) is 13.6 Å². The van der Waals surface area contributed by atoms with Gasteiger partial charge in [0.2, 0.25) is 5.91 Å². The van der Waals surface area contributed by atoms with E-state index in [9.17, 15) is 23.2 Å². The number of hydrogen-bond acceptors (Lipinski definition) is 4. The molecule has 4 rings (SSSR count). The van der Waals surface area contributed by atoms with E-state index in [2.05, 4.69) is 5.32 Å². The van der Waals surface area contributed by atoms with Gasteiger partial charge in [-0.05, 0) is 42.8 Å². The van der Waals surface area contributed by atoms with Crippen LogP contribution in [-0.2, 0) is 21.5 Å². The van der Waals surface area contributed by atoms with Crippen molar-refractivity contribution >= 4 is 29.2 Å². The lowest BCUT2D eigenvalue weighted by Gasteiger charge is -2.36. The average Bonchev–Trinajstić information content (AvgIpc) is 3.26. The molecule has 0 spiro atoms. The summed E-state index contributed by atoms with van der Waals surface area (Å²) in [7, 11) is 0. The number of imide groups is 1. The Morgan fingerprint density at radius 3 is 2.77 bits per heavy atom. The van der Waals surface area contributed by atoms with Crippen molar-refractivity contribution in [3.8, 4) is 0 Å². The fourth-order valence-electron chi connectivity index (χ4n) is 4.28. The van der Waals surface area contributed by atoms with Crippen molar-refractivity contribution in [2.24, 2.45) is 0 Å². The molecule has 0 bridgehead atoms. The summed E-state index contributed by atoms with van der Waals surface area (Å²) in [5.74, 6) is -2.81. The van der Waals surface area contributed by atoms with E-state index in [1.807, 2.05) is 18.4 Å². The lowest BCUT2D eigenvalue weighted by molar-refractivity contribution is -0.140. The van der Waals surface area contributed by atoms with Crippen LogP contribution in [0.1, 0.15) is 42.3 Å². The third-order valence-electron chi connectivity index (χ3n) is 5.84. The summed E-state index contributed by atoms with van der Waals surface area (Å²) in [5.41, 5.74) is -0.746. The molecule has 9 heteroatoms. The van der Waals surface area contributed by atoms with E-state index in [0.717, 1.165) is 29.0 Å². The average molecular weight is 433 g/mol. The molecule has 2 unspecified atom stereocenters. The molecule has 1 saturated heterocycles. The Morgan fingerprint density at radius 1 is 1.30 bits per heavy atom. The van der Waals surface area contributed by atoms with Crippen molar-refractivity contribution in [1.82, 2.24) is 15.1 Å². The maximum atomic E-state index is 14.3. The molecule has 1 N–H and O–H groups in total. The number of carbonyl (C=O) groups is 3. The van der Waals surface area contributed by atoms with E-state index in [4.69, 9.17) is 0 Å². The number of nitrogens with zero attached hydrogens (tertiary/aromatic N) is 2. The highest BCUT2D eigenvalue weighted by Crippen LogP contribution is 2.36. The number of nitrogens with one attached hydrogen (secondary N) is 1. The molecule has 2 aromatic rings. The Labute approximate surface area is 176 Å². The summed E-state index contributed by atoms with van der Waals surface area (Å²) in [4.78, 5) is 42.3. The number of hydrogen-bond donors (Lipinski definition) is 1. The summed E-state index contributed by atoms with van der Waals surface area (Å²) >= 11 is 1.66. The van der Waals surface area contributed by atoms with Gasteiger partial charge in [0, 0.05) is 23.1 Å². The molecule has 0 saturated carbocycles.